The Bertz CT molecular complexity index is 1470. The van der Waals surface area contributed by atoms with Crippen molar-refractivity contribution in [2.75, 3.05) is 13.1 Å². The van der Waals surface area contributed by atoms with Crippen molar-refractivity contribution in [2.24, 2.45) is 16.1 Å². The monoisotopic (exact) mass is 457 g/mol. The Kier molecular flexibility index (Phi) is 4.91. The third-order valence-electron chi connectivity index (χ3n) is 6.79. The van der Waals surface area contributed by atoms with Gasteiger partial charge in [0, 0.05) is 42.7 Å². The molecular weight excluding hydrogens is 434 g/mol. The van der Waals surface area contributed by atoms with E-state index >= 15 is 0 Å². The van der Waals surface area contributed by atoms with Gasteiger partial charge in [0.25, 0.3) is 5.56 Å². The van der Waals surface area contributed by atoms with Crippen molar-refractivity contribution in [1.29, 1.82) is 0 Å². The van der Waals surface area contributed by atoms with E-state index in [4.69, 9.17) is 4.42 Å². The van der Waals surface area contributed by atoms with Crippen LogP contribution < -0.4 is 5.56 Å². The smallest absolute Gasteiger partial charge is 0.331 e. The number of furan rings is 1. The van der Waals surface area contributed by atoms with Crippen LogP contribution in [0.5, 0.6) is 5.88 Å². The highest BCUT2D eigenvalue weighted by Gasteiger charge is 2.35. The summed E-state index contributed by atoms with van der Waals surface area (Å²) in [5.41, 5.74) is 2.21. The Labute approximate surface area is 194 Å². The minimum absolute atomic E-state index is 0.0375. The Morgan fingerprint density at radius 2 is 1.94 bits per heavy atom. The van der Waals surface area contributed by atoms with Crippen molar-refractivity contribution in [3.05, 3.63) is 82.7 Å². The number of benzene rings is 1. The zero-order chi connectivity index (χ0) is 23.2. The first-order valence-corrected chi connectivity index (χ1v) is 11.3. The average molecular weight is 457 g/mol. The van der Waals surface area contributed by atoms with Gasteiger partial charge in [-0.3, -0.25) is 19.1 Å². The molecule has 4 aromatic rings. The quantitative estimate of drug-likeness (QED) is 0.465. The number of hydrogen-bond acceptors (Lipinski definition) is 6. The lowest BCUT2D eigenvalue weighted by molar-refractivity contribution is 0.0922. The highest BCUT2D eigenvalue weighted by molar-refractivity contribution is 5.96. The van der Waals surface area contributed by atoms with Gasteiger partial charge in [-0.25, -0.2) is 0 Å². The molecule has 1 amide bonds. The Hall–Kier alpha value is -3.98. The van der Waals surface area contributed by atoms with Gasteiger partial charge in [-0.2, -0.15) is 0 Å². The average Bonchev–Trinajstić information content (AvgIpc) is 3.46. The van der Waals surface area contributed by atoms with Crippen LogP contribution in [0.1, 0.15) is 28.6 Å². The maximum absolute atomic E-state index is 12.3. The fourth-order valence-corrected chi connectivity index (χ4v) is 5.37. The van der Waals surface area contributed by atoms with Crippen molar-refractivity contribution < 1.29 is 14.3 Å². The lowest BCUT2D eigenvalue weighted by Crippen LogP contribution is -2.47. The summed E-state index contributed by atoms with van der Waals surface area (Å²) >= 11 is 0. The summed E-state index contributed by atoms with van der Waals surface area (Å²) in [5, 5.41) is 19.6. The fraction of sp³-hybridized carbons (Fsp3) is 0.280. The summed E-state index contributed by atoms with van der Waals surface area (Å²) < 4.78 is 8.79. The van der Waals surface area contributed by atoms with Gasteiger partial charge in [0.05, 0.1) is 18.4 Å². The van der Waals surface area contributed by atoms with Crippen LogP contribution >= 0.6 is 0 Å². The molecule has 2 bridgehead atoms. The van der Waals surface area contributed by atoms with E-state index in [1.165, 1.54) is 12.3 Å². The molecule has 2 aliphatic heterocycles. The second-order valence-corrected chi connectivity index (χ2v) is 8.98. The highest BCUT2D eigenvalue weighted by Crippen LogP contribution is 2.40. The minimum atomic E-state index is -0.612. The number of nitrogens with zero attached hydrogens (tertiary/aromatic N) is 5. The summed E-state index contributed by atoms with van der Waals surface area (Å²) in [7, 11) is 0. The second kappa shape index (κ2) is 8.11. The summed E-state index contributed by atoms with van der Waals surface area (Å²) in [4.78, 5) is 26.8. The van der Waals surface area contributed by atoms with Gasteiger partial charge in [0.15, 0.2) is 11.4 Å². The van der Waals surface area contributed by atoms with Gasteiger partial charge in [0.2, 0.25) is 5.88 Å². The first-order chi connectivity index (χ1) is 16.6. The molecule has 34 heavy (non-hydrogen) atoms. The number of likely N-dealkylation sites (tertiary alicyclic amines) is 1. The fourth-order valence-electron chi connectivity index (χ4n) is 5.37. The van der Waals surface area contributed by atoms with E-state index in [2.05, 4.69) is 15.1 Å². The van der Waals surface area contributed by atoms with Crippen molar-refractivity contribution in [2.45, 2.75) is 25.6 Å². The number of aromatic nitrogens is 2. The first-order valence-electron chi connectivity index (χ1n) is 11.3. The molecule has 3 aromatic heterocycles. The van der Waals surface area contributed by atoms with E-state index in [1.807, 2.05) is 41.0 Å². The van der Waals surface area contributed by atoms with Crippen LogP contribution in [0.3, 0.4) is 0 Å². The van der Waals surface area contributed by atoms with Gasteiger partial charge in [-0.05, 0) is 36.6 Å². The van der Waals surface area contributed by atoms with Crippen LogP contribution in [0.15, 0.2) is 80.3 Å². The zero-order valence-corrected chi connectivity index (χ0v) is 18.4. The number of amides is 1. The molecule has 1 fully saturated rings. The van der Waals surface area contributed by atoms with Gasteiger partial charge < -0.3 is 14.1 Å². The van der Waals surface area contributed by atoms with Gasteiger partial charge in [-0.15, -0.1) is 10.2 Å². The number of rotatable bonds is 4. The van der Waals surface area contributed by atoms with Crippen LogP contribution in [0.4, 0.5) is 5.69 Å². The summed E-state index contributed by atoms with van der Waals surface area (Å²) in [5.74, 6) is 0.0885. The van der Waals surface area contributed by atoms with E-state index in [0.29, 0.717) is 18.0 Å². The molecule has 9 nitrogen and oxygen atoms in total. The summed E-state index contributed by atoms with van der Waals surface area (Å²) in [6, 6.07) is 16.2. The number of azo groups is 1. The van der Waals surface area contributed by atoms with Crippen LogP contribution in [-0.4, -0.2) is 38.1 Å². The van der Waals surface area contributed by atoms with E-state index in [1.54, 1.807) is 16.7 Å². The number of hydrogen-bond donors (Lipinski definition) is 1. The van der Waals surface area contributed by atoms with E-state index in [0.717, 1.165) is 37.3 Å². The van der Waals surface area contributed by atoms with Crippen molar-refractivity contribution in [3.63, 3.8) is 0 Å². The van der Waals surface area contributed by atoms with Crippen molar-refractivity contribution in [3.8, 4) is 5.88 Å². The standard InChI is InChI=1S/C25H23N5O4/c31-22-9-3-7-19-17-11-16(13-29(19)22)12-28(14-17)15-30-20-6-2-1-5-18(20)23(25(30)33)26-27-24(32)21-8-4-10-34-21/h1-10,16-17,33H,11-15H2. The van der Waals surface area contributed by atoms with Gasteiger partial charge >= 0.3 is 5.91 Å². The predicted molar refractivity (Wildman–Crippen MR) is 124 cm³/mol. The maximum atomic E-state index is 12.3. The zero-order valence-electron chi connectivity index (χ0n) is 18.4. The number of para-hydroxylation sites is 1. The largest absolute Gasteiger partial charge is 0.493 e. The number of aromatic hydroxyl groups is 1. The van der Waals surface area contributed by atoms with Crippen molar-refractivity contribution in [1.82, 2.24) is 14.0 Å². The Morgan fingerprint density at radius 3 is 2.79 bits per heavy atom. The number of carbonyl (C=O) groups is 1. The van der Waals surface area contributed by atoms with E-state index < -0.39 is 5.91 Å². The second-order valence-electron chi connectivity index (χ2n) is 8.98. The van der Waals surface area contributed by atoms with Crippen LogP contribution in [-0.2, 0) is 13.2 Å². The molecule has 1 N–H and O–H groups in total. The number of pyridine rings is 1. The van der Waals surface area contributed by atoms with Crippen molar-refractivity contribution >= 4 is 22.5 Å². The molecule has 0 aliphatic carbocycles. The topological polar surface area (TPSA) is 105 Å². The molecule has 0 radical (unpaired) electrons. The normalized spacial score (nSPS) is 20.1. The highest BCUT2D eigenvalue weighted by atomic mass is 16.3. The Balaban J connectivity index is 1.31. The molecule has 172 valence electrons. The lowest BCUT2D eigenvalue weighted by Gasteiger charge is -2.42. The molecule has 2 aliphatic rings. The van der Waals surface area contributed by atoms with E-state index in [9.17, 15) is 14.7 Å². The van der Waals surface area contributed by atoms with Crippen LogP contribution in [0.2, 0.25) is 0 Å². The van der Waals surface area contributed by atoms with Crippen LogP contribution in [0.25, 0.3) is 10.9 Å². The third-order valence-corrected chi connectivity index (χ3v) is 6.79. The number of fused-ring (bicyclic) bond motifs is 5. The first kappa shape index (κ1) is 20.6. The molecule has 0 saturated carbocycles. The lowest BCUT2D eigenvalue weighted by atomic mass is 9.83. The molecule has 2 unspecified atom stereocenters. The summed E-state index contributed by atoms with van der Waals surface area (Å²) in [6.45, 7) is 2.81. The minimum Gasteiger partial charge on any atom is -0.493 e. The molecule has 1 saturated heterocycles. The molecule has 2 atom stereocenters. The Morgan fingerprint density at radius 1 is 1.06 bits per heavy atom. The molecule has 6 rings (SSSR count). The van der Waals surface area contributed by atoms with Gasteiger partial charge in [0.1, 0.15) is 0 Å². The SMILES string of the molecule is O=C(N=Nc1c(O)n(CN2CC3CC(C2)c2cccc(=O)n2C3)c2ccccc12)c1ccco1. The third kappa shape index (κ3) is 3.45. The number of carbonyl (C=O) groups excluding carboxylic acids is 1. The molecule has 1 aromatic carbocycles. The summed E-state index contributed by atoms with van der Waals surface area (Å²) in [6.07, 6.45) is 2.46. The molecule has 9 heteroatoms. The van der Waals surface area contributed by atoms with Crippen LogP contribution in [0, 0.1) is 5.92 Å². The molecule has 5 heterocycles. The number of piperidine rings is 1. The maximum Gasteiger partial charge on any atom is 0.331 e. The van der Waals surface area contributed by atoms with E-state index in [-0.39, 0.29) is 28.8 Å². The molecular formula is C25H23N5O4. The predicted octanol–water partition coefficient (Wildman–Crippen LogP) is 4.10. The molecule has 0 spiro atoms. The van der Waals surface area contributed by atoms with Gasteiger partial charge in [-0.1, -0.05) is 24.3 Å².